The van der Waals surface area contributed by atoms with Crippen LogP contribution in [-0.2, 0) is 0 Å². The Bertz CT molecular complexity index is 130. The first-order valence-corrected chi connectivity index (χ1v) is 6.18. The molecule has 2 N–H and O–H groups in total. The quantitative estimate of drug-likeness (QED) is 0.643. The van der Waals surface area contributed by atoms with Crippen LogP contribution < -0.4 is 5.32 Å². The lowest BCUT2D eigenvalue weighted by atomic mass is 9.81. The second kappa shape index (κ2) is 7.24. The highest BCUT2D eigenvalue weighted by Crippen LogP contribution is 2.29. The molecule has 0 aromatic heterocycles. The van der Waals surface area contributed by atoms with Gasteiger partial charge < -0.3 is 10.4 Å². The third-order valence-electron chi connectivity index (χ3n) is 3.49. The molecule has 1 saturated carbocycles. The molecule has 0 spiro atoms. The molecule has 0 aromatic rings. The van der Waals surface area contributed by atoms with E-state index in [1.807, 2.05) is 0 Å². The van der Waals surface area contributed by atoms with E-state index in [4.69, 9.17) is 5.11 Å². The highest BCUT2D eigenvalue weighted by atomic mass is 16.3. The Balaban J connectivity index is 1.98. The fraction of sp³-hybridized carbons (Fsp3) is 1.00. The SMILES string of the molecule is CCC1CCC(CNCCCO)CC1. The maximum Gasteiger partial charge on any atom is 0.0443 e. The normalized spacial score (nSPS) is 27.9. The Labute approximate surface area is 88.1 Å². The first-order valence-electron chi connectivity index (χ1n) is 6.18. The van der Waals surface area contributed by atoms with Crippen LogP contribution in [0.15, 0.2) is 0 Å². The monoisotopic (exact) mass is 199 g/mol. The van der Waals surface area contributed by atoms with E-state index in [1.54, 1.807) is 0 Å². The number of nitrogens with one attached hydrogen (secondary N) is 1. The Morgan fingerprint density at radius 1 is 1.14 bits per heavy atom. The molecule has 14 heavy (non-hydrogen) atoms. The molecule has 84 valence electrons. The van der Waals surface area contributed by atoms with Crippen molar-refractivity contribution in [2.45, 2.75) is 45.4 Å². The molecule has 0 heterocycles. The van der Waals surface area contributed by atoms with Gasteiger partial charge in [-0.05, 0) is 44.2 Å². The standard InChI is InChI=1S/C12H25NO/c1-2-11-4-6-12(7-5-11)10-13-8-3-9-14/h11-14H,2-10H2,1H3. The lowest BCUT2D eigenvalue weighted by molar-refractivity contribution is 0.255. The minimum Gasteiger partial charge on any atom is -0.396 e. The molecule has 2 heteroatoms. The summed E-state index contributed by atoms with van der Waals surface area (Å²) < 4.78 is 0. The molecule has 0 aromatic carbocycles. The van der Waals surface area contributed by atoms with Gasteiger partial charge in [0.15, 0.2) is 0 Å². The van der Waals surface area contributed by atoms with Crippen LogP contribution in [0, 0.1) is 11.8 Å². The van der Waals surface area contributed by atoms with E-state index in [0.717, 1.165) is 31.3 Å². The minimum atomic E-state index is 0.315. The second-order valence-electron chi connectivity index (χ2n) is 4.58. The number of aliphatic hydroxyl groups is 1. The summed E-state index contributed by atoms with van der Waals surface area (Å²) in [5.74, 6) is 1.90. The van der Waals surface area contributed by atoms with Crippen molar-refractivity contribution in [3.63, 3.8) is 0 Å². The molecule has 0 bridgehead atoms. The van der Waals surface area contributed by atoms with Crippen molar-refractivity contribution in [2.24, 2.45) is 11.8 Å². The van der Waals surface area contributed by atoms with Gasteiger partial charge in [-0.15, -0.1) is 0 Å². The van der Waals surface area contributed by atoms with Crippen molar-refractivity contribution >= 4 is 0 Å². The summed E-state index contributed by atoms with van der Waals surface area (Å²) in [6, 6.07) is 0. The smallest absolute Gasteiger partial charge is 0.0443 e. The van der Waals surface area contributed by atoms with Gasteiger partial charge >= 0.3 is 0 Å². The summed E-state index contributed by atoms with van der Waals surface area (Å²) in [6.45, 7) is 4.76. The Morgan fingerprint density at radius 3 is 2.36 bits per heavy atom. The summed E-state index contributed by atoms with van der Waals surface area (Å²) in [4.78, 5) is 0. The average Bonchev–Trinajstić information content (AvgIpc) is 2.25. The van der Waals surface area contributed by atoms with E-state index in [-0.39, 0.29) is 0 Å². The summed E-state index contributed by atoms with van der Waals surface area (Å²) in [5, 5.41) is 12.1. The number of rotatable bonds is 6. The highest BCUT2D eigenvalue weighted by molar-refractivity contribution is 4.73. The van der Waals surface area contributed by atoms with Crippen LogP contribution in [0.5, 0.6) is 0 Å². The summed E-state index contributed by atoms with van der Waals surface area (Å²) in [5.41, 5.74) is 0. The fourth-order valence-corrected chi connectivity index (χ4v) is 2.35. The van der Waals surface area contributed by atoms with Crippen LogP contribution in [0.4, 0.5) is 0 Å². The maximum absolute atomic E-state index is 8.63. The average molecular weight is 199 g/mol. The first-order chi connectivity index (χ1) is 6.86. The molecule has 1 fully saturated rings. The molecule has 0 amide bonds. The van der Waals surface area contributed by atoms with Gasteiger partial charge in [-0.25, -0.2) is 0 Å². The highest BCUT2D eigenvalue weighted by Gasteiger charge is 2.19. The Morgan fingerprint density at radius 2 is 1.79 bits per heavy atom. The van der Waals surface area contributed by atoms with Crippen LogP contribution in [0.25, 0.3) is 0 Å². The predicted molar refractivity (Wildman–Crippen MR) is 60.3 cm³/mol. The van der Waals surface area contributed by atoms with Gasteiger partial charge in [0.25, 0.3) is 0 Å². The molecule has 1 rings (SSSR count). The van der Waals surface area contributed by atoms with E-state index in [0.29, 0.717) is 6.61 Å². The van der Waals surface area contributed by atoms with Crippen LogP contribution >= 0.6 is 0 Å². The van der Waals surface area contributed by atoms with Crippen LogP contribution in [0.3, 0.4) is 0 Å². The minimum absolute atomic E-state index is 0.315. The second-order valence-corrected chi connectivity index (χ2v) is 4.58. The van der Waals surface area contributed by atoms with Crippen molar-refractivity contribution in [1.29, 1.82) is 0 Å². The molecular weight excluding hydrogens is 174 g/mol. The number of aliphatic hydroxyl groups excluding tert-OH is 1. The predicted octanol–water partition coefficient (Wildman–Crippen LogP) is 2.17. The molecule has 0 saturated heterocycles. The van der Waals surface area contributed by atoms with E-state index in [9.17, 15) is 0 Å². The third kappa shape index (κ3) is 4.43. The molecule has 0 unspecified atom stereocenters. The largest absolute Gasteiger partial charge is 0.396 e. The molecule has 0 atom stereocenters. The summed E-state index contributed by atoms with van der Waals surface area (Å²) >= 11 is 0. The molecule has 1 aliphatic rings. The Kier molecular flexibility index (Phi) is 6.20. The Hall–Kier alpha value is -0.0800. The molecule has 2 nitrogen and oxygen atoms in total. The van der Waals surface area contributed by atoms with Crippen molar-refractivity contribution in [2.75, 3.05) is 19.7 Å². The van der Waals surface area contributed by atoms with Crippen molar-refractivity contribution < 1.29 is 5.11 Å². The van der Waals surface area contributed by atoms with E-state index in [2.05, 4.69) is 12.2 Å². The molecule has 0 radical (unpaired) electrons. The topological polar surface area (TPSA) is 32.3 Å². The van der Waals surface area contributed by atoms with Gasteiger partial charge in [-0.2, -0.15) is 0 Å². The molecular formula is C12H25NO. The van der Waals surface area contributed by atoms with Crippen molar-refractivity contribution in [1.82, 2.24) is 5.32 Å². The van der Waals surface area contributed by atoms with Gasteiger partial charge in [-0.1, -0.05) is 26.2 Å². The van der Waals surface area contributed by atoms with Gasteiger partial charge in [-0.3, -0.25) is 0 Å². The third-order valence-corrected chi connectivity index (χ3v) is 3.49. The fourth-order valence-electron chi connectivity index (χ4n) is 2.35. The zero-order valence-electron chi connectivity index (χ0n) is 9.47. The number of hydrogen-bond donors (Lipinski definition) is 2. The van der Waals surface area contributed by atoms with E-state index in [1.165, 1.54) is 32.1 Å². The lowest BCUT2D eigenvalue weighted by Crippen LogP contribution is -2.27. The van der Waals surface area contributed by atoms with Gasteiger partial charge in [0.1, 0.15) is 0 Å². The van der Waals surface area contributed by atoms with Crippen molar-refractivity contribution in [3.8, 4) is 0 Å². The van der Waals surface area contributed by atoms with Gasteiger partial charge in [0.2, 0.25) is 0 Å². The number of hydrogen-bond acceptors (Lipinski definition) is 2. The van der Waals surface area contributed by atoms with Crippen LogP contribution in [-0.4, -0.2) is 24.8 Å². The zero-order valence-corrected chi connectivity index (χ0v) is 9.47. The van der Waals surface area contributed by atoms with Gasteiger partial charge in [0.05, 0.1) is 0 Å². The van der Waals surface area contributed by atoms with Gasteiger partial charge in [0, 0.05) is 6.61 Å². The van der Waals surface area contributed by atoms with E-state index < -0.39 is 0 Å². The lowest BCUT2D eigenvalue weighted by Gasteiger charge is -2.27. The maximum atomic E-state index is 8.63. The van der Waals surface area contributed by atoms with Crippen LogP contribution in [0.2, 0.25) is 0 Å². The zero-order chi connectivity index (χ0) is 10.2. The van der Waals surface area contributed by atoms with Crippen molar-refractivity contribution in [3.05, 3.63) is 0 Å². The molecule has 1 aliphatic carbocycles. The molecule has 0 aliphatic heterocycles. The van der Waals surface area contributed by atoms with E-state index >= 15 is 0 Å². The summed E-state index contributed by atoms with van der Waals surface area (Å²) in [6.07, 6.45) is 7.94. The van der Waals surface area contributed by atoms with Crippen LogP contribution in [0.1, 0.15) is 45.4 Å². The summed E-state index contributed by atoms with van der Waals surface area (Å²) in [7, 11) is 0. The first kappa shape index (κ1) is 12.0.